The van der Waals surface area contributed by atoms with Crippen molar-refractivity contribution in [2.45, 2.75) is 26.3 Å². The third-order valence-electron chi connectivity index (χ3n) is 4.73. The summed E-state index contributed by atoms with van der Waals surface area (Å²) in [5.74, 6) is 0.540. The summed E-state index contributed by atoms with van der Waals surface area (Å²) in [5, 5.41) is 2.93. The number of sulfonamides is 1. The molecule has 1 saturated heterocycles. The number of benzene rings is 1. The lowest BCUT2D eigenvalue weighted by molar-refractivity contribution is -0.126. The highest BCUT2D eigenvalue weighted by Gasteiger charge is 2.29. The second kappa shape index (κ2) is 7.59. The molecule has 1 unspecified atom stereocenters. The lowest BCUT2D eigenvalue weighted by Crippen LogP contribution is -2.44. The predicted octanol–water partition coefficient (Wildman–Crippen LogP) is 1.47. The quantitative estimate of drug-likeness (QED) is 0.856. The summed E-state index contributed by atoms with van der Waals surface area (Å²) < 4.78 is 26.7. The SMILES string of the molecule is Cc1nccn1-c1ccc(CNC(=O)C2CCCN(S(C)(=O)=O)C2)cc1. The van der Waals surface area contributed by atoms with Crippen molar-refractivity contribution in [3.8, 4) is 5.69 Å². The number of piperidine rings is 1. The normalized spacial score (nSPS) is 18.6. The van der Waals surface area contributed by atoms with Gasteiger partial charge in [-0.05, 0) is 37.5 Å². The van der Waals surface area contributed by atoms with Gasteiger partial charge in [0.15, 0.2) is 0 Å². The first-order chi connectivity index (χ1) is 12.3. The zero-order valence-electron chi connectivity index (χ0n) is 15.1. The smallest absolute Gasteiger partial charge is 0.224 e. The van der Waals surface area contributed by atoms with E-state index in [1.54, 1.807) is 6.20 Å². The first-order valence-corrected chi connectivity index (χ1v) is 10.5. The van der Waals surface area contributed by atoms with E-state index in [9.17, 15) is 13.2 Å². The molecule has 1 aromatic carbocycles. The average Bonchev–Trinajstić information content (AvgIpc) is 3.05. The van der Waals surface area contributed by atoms with Crippen LogP contribution in [0.25, 0.3) is 5.69 Å². The number of amides is 1. The maximum atomic E-state index is 12.4. The van der Waals surface area contributed by atoms with Crippen LogP contribution in [-0.4, -0.2) is 47.5 Å². The Morgan fingerprint density at radius 2 is 2.04 bits per heavy atom. The number of carbonyl (C=O) groups is 1. The Balaban J connectivity index is 1.57. The van der Waals surface area contributed by atoms with Crippen LogP contribution in [0.3, 0.4) is 0 Å². The first-order valence-electron chi connectivity index (χ1n) is 8.66. The van der Waals surface area contributed by atoms with Crippen LogP contribution in [0.5, 0.6) is 0 Å². The number of nitrogens with zero attached hydrogens (tertiary/aromatic N) is 3. The fourth-order valence-corrected chi connectivity index (χ4v) is 4.13. The molecule has 8 heteroatoms. The van der Waals surface area contributed by atoms with Crippen LogP contribution in [0.1, 0.15) is 24.2 Å². The van der Waals surface area contributed by atoms with E-state index >= 15 is 0 Å². The molecule has 7 nitrogen and oxygen atoms in total. The molecule has 1 aliphatic rings. The highest BCUT2D eigenvalue weighted by atomic mass is 32.2. The minimum absolute atomic E-state index is 0.0899. The largest absolute Gasteiger partial charge is 0.352 e. The van der Waals surface area contributed by atoms with Crippen LogP contribution in [0.15, 0.2) is 36.7 Å². The van der Waals surface area contributed by atoms with E-state index in [2.05, 4.69) is 10.3 Å². The van der Waals surface area contributed by atoms with Crippen molar-refractivity contribution >= 4 is 15.9 Å². The first kappa shape index (κ1) is 18.6. The van der Waals surface area contributed by atoms with Gasteiger partial charge in [-0.15, -0.1) is 0 Å². The van der Waals surface area contributed by atoms with E-state index in [0.717, 1.165) is 23.5 Å². The van der Waals surface area contributed by atoms with E-state index in [4.69, 9.17) is 0 Å². The standard InChI is InChI=1S/C18H24N4O3S/c1-14-19-9-11-22(14)17-7-5-15(6-8-17)12-20-18(23)16-4-3-10-21(13-16)26(2,24)25/h5-9,11,16H,3-4,10,12-13H2,1-2H3,(H,20,23). The molecule has 2 aromatic rings. The van der Waals surface area contributed by atoms with Crippen molar-refractivity contribution in [2.24, 2.45) is 5.92 Å². The molecule has 140 valence electrons. The van der Waals surface area contributed by atoms with Gasteiger partial charge in [0.2, 0.25) is 15.9 Å². The topological polar surface area (TPSA) is 84.3 Å². The third-order valence-corrected chi connectivity index (χ3v) is 6.00. The van der Waals surface area contributed by atoms with E-state index in [-0.39, 0.29) is 18.4 Å². The zero-order valence-corrected chi connectivity index (χ0v) is 15.9. The van der Waals surface area contributed by atoms with Gasteiger partial charge >= 0.3 is 0 Å². The van der Waals surface area contributed by atoms with Crippen molar-refractivity contribution in [2.75, 3.05) is 19.3 Å². The van der Waals surface area contributed by atoms with Gasteiger partial charge in [-0.25, -0.2) is 17.7 Å². The average molecular weight is 376 g/mol. The number of aromatic nitrogens is 2. The molecule has 0 bridgehead atoms. The summed E-state index contributed by atoms with van der Waals surface area (Å²) in [7, 11) is -3.24. The molecule has 0 spiro atoms. The Kier molecular flexibility index (Phi) is 5.43. The van der Waals surface area contributed by atoms with E-state index in [1.807, 2.05) is 42.0 Å². The fraction of sp³-hybridized carbons (Fsp3) is 0.444. The molecule has 0 aliphatic carbocycles. The molecule has 26 heavy (non-hydrogen) atoms. The van der Waals surface area contributed by atoms with Crippen LogP contribution >= 0.6 is 0 Å². The minimum atomic E-state index is -3.24. The number of imidazole rings is 1. The molecular formula is C18H24N4O3S. The summed E-state index contributed by atoms with van der Waals surface area (Å²) in [6.07, 6.45) is 6.29. The minimum Gasteiger partial charge on any atom is -0.352 e. The molecular weight excluding hydrogens is 352 g/mol. The van der Waals surface area contributed by atoms with Crippen molar-refractivity contribution in [3.63, 3.8) is 0 Å². The number of aryl methyl sites for hydroxylation is 1. The van der Waals surface area contributed by atoms with Crippen LogP contribution in [0.2, 0.25) is 0 Å². The second-order valence-corrected chi connectivity index (χ2v) is 8.67. The lowest BCUT2D eigenvalue weighted by atomic mass is 9.99. The predicted molar refractivity (Wildman–Crippen MR) is 99.3 cm³/mol. The maximum Gasteiger partial charge on any atom is 0.224 e. The van der Waals surface area contributed by atoms with Crippen LogP contribution in [-0.2, 0) is 21.4 Å². The molecule has 3 rings (SSSR count). The lowest BCUT2D eigenvalue weighted by Gasteiger charge is -2.30. The number of carbonyl (C=O) groups excluding carboxylic acids is 1. The second-order valence-electron chi connectivity index (χ2n) is 6.69. The Bertz CT molecular complexity index is 874. The summed E-state index contributed by atoms with van der Waals surface area (Å²) >= 11 is 0. The van der Waals surface area contributed by atoms with Crippen LogP contribution < -0.4 is 5.32 Å². The van der Waals surface area contributed by atoms with Gasteiger partial charge in [-0.3, -0.25) is 4.79 Å². The monoisotopic (exact) mass is 376 g/mol. The van der Waals surface area contributed by atoms with E-state index < -0.39 is 10.0 Å². The molecule has 0 radical (unpaired) electrons. The molecule has 1 amide bonds. The molecule has 1 fully saturated rings. The summed E-state index contributed by atoms with van der Waals surface area (Å²) in [5.41, 5.74) is 2.02. The molecule has 0 saturated carbocycles. The fourth-order valence-electron chi connectivity index (χ4n) is 3.22. The molecule has 1 N–H and O–H groups in total. The van der Waals surface area contributed by atoms with Crippen molar-refractivity contribution in [3.05, 3.63) is 48.0 Å². The number of hydrogen-bond acceptors (Lipinski definition) is 4. The molecule has 1 atom stereocenters. The van der Waals surface area contributed by atoms with Crippen molar-refractivity contribution in [1.82, 2.24) is 19.2 Å². The van der Waals surface area contributed by atoms with E-state index in [0.29, 0.717) is 19.5 Å². The number of hydrogen-bond donors (Lipinski definition) is 1. The highest BCUT2D eigenvalue weighted by molar-refractivity contribution is 7.88. The molecule has 1 aliphatic heterocycles. The van der Waals surface area contributed by atoms with Gasteiger partial charge in [0.05, 0.1) is 12.2 Å². The van der Waals surface area contributed by atoms with Gasteiger partial charge in [0.25, 0.3) is 0 Å². The highest BCUT2D eigenvalue weighted by Crippen LogP contribution is 2.19. The number of nitrogens with one attached hydrogen (secondary N) is 1. The third kappa shape index (κ3) is 4.31. The Labute approximate surface area is 154 Å². The van der Waals surface area contributed by atoms with Gasteiger partial charge in [-0.1, -0.05) is 12.1 Å². The molecule has 2 heterocycles. The maximum absolute atomic E-state index is 12.4. The van der Waals surface area contributed by atoms with Crippen LogP contribution in [0, 0.1) is 12.8 Å². The van der Waals surface area contributed by atoms with Gasteiger partial charge < -0.3 is 9.88 Å². The van der Waals surface area contributed by atoms with Crippen LogP contribution in [0.4, 0.5) is 0 Å². The zero-order chi connectivity index (χ0) is 18.7. The summed E-state index contributed by atoms with van der Waals surface area (Å²) in [6.45, 7) is 3.14. The Hall–Kier alpha value is -2.19. The Morgan fingerprint density at radius 3 is 2.65 bits per heavy atom. The molecule has 1 aromatic heterocycles. The summed E-state index contributed by atoms with van der Waals surface area (Å²) in [6, 6.07) is 7.92. The summed E-state index contributed by atoms with van der Waals surface area (Å²) in [4.78, 5) is 16.6. The van der Waals surface area contributed by atoms with Crippen molar-refractivity contribution < 1.29 is 13.2 Å². The van der Waals surface area contributed by atoms with Gasteiger partial charge in [0, 0.05) is 37.7 Å². The van der Waals surface area contributed by atoms with Gasteiger partial charge in [-0.2, -0.15) is 0 Å². The van der Waals surface area contributed by atoms with Gasteiger partial charge in [0.1, 0.15) is 5.82 Å². The number of rotatable bonds is 5. The van der Waals surface area contributed by atoms with E-state index in [1.165, 1.54) is 10.6 Å². The van der Waals surface area contributed by atoms with Crippen molar-refractivity contribution in [1.29, 1.82) is 0 Å². The Morgan fingerprint density at radius 1 is 1.31 bits per heavy atom.